The average Bonchev–Trinajstić information content (AvgIpc) is 2.47. The highest BCUT2D eigenvalue weighted by Crippen LogP contribution is 2.22. The fourth-order valence-electron chi connectivity index (χ4n) is 1.99. The van der Waals surface area contributed by atoms with E-state index in [9.17, 15) is 17.9 Å². The third-order valence-electron chi connectivity index (χ3n) is 3.05. The minimum atomic E-state index is -3.90. The van der Waals surface area contributed by atoms with Gasteiger partial charge in [-0.1, -0.05) is 0 Å². The number of morpholine rings is 1. The average molecular weight is 300 g/mol. The van der Waals surface area contributed by atoms with Crippen LogP contribution < -0.4 is 0 Å². The molecule has 1 N–H and O–H groups in total. The summed E-state index contributed by atoms with van der Waals surface area (Å²) in [6.45, 7) is 0.0580. The summed E-state index contributed by atoms with van der Waals surface area (Å²) in [5, 5.41) is 18.0. The number of nitriles is 1. The second kappa shape index (κ2) is 5.85. The van der Waals surface area contributed by atoms with Crippen molar-refractivity contribution < 1.29 is 22.7 Å². The van der Waals surface area contributed by atoms with Crippen molar-refractivity contribution >= 4 is 10.0 Å². The van der Waals surface area contributed by atoms with Crippen LogP contribution in [-0.4, -0.2) is 50.2 Å². The number of rotatable bonds is 3. The Morgan fingerprint density at radius 1 is 1.55 bits per heavy atom. The molecule has 1 atom stereocenters. The van der Waals surface area contributed by atoms with Crippen LogP contribution in [0.3, 0.4) is 0 Å². The lowest BCUT2D eigenvalue weighted by molar-refractivity contribution is 0.0109. The molecule has 0 aromatic heterocycles. The van der Waals surface area contributed by atoms with E-state index >= 15 is 0 Å². The number of benzene rings is 1. The molecule has 1 aromatic rings. The number of aliphatic hydroxyl groups excluding tert-OH is 1. The molecule has 1 unspecified atom stereocenters. The van der Waals surface area contributed by atoms with E-state index in [-0.39, 0.29) is 36.8 Å². The molecule has 1 aromatic carbocycles. The summed E-state index contributed by atoms with van der Waals surface area (Å²) in [6, 6.07) is 3.97. The number of nitrogens with zero attached hydrogens (tertiary/aromatic N) is 2. The molecular weight excluding hydrogens is 287 g/mol. The number of halogens is 1. The summed E-state index contributed by atoms with van der Waals surface area (Å²) in [7, 11) is -3.90. The predicted molar refractivity (Wildman–Crippen MR) is 66.7 cm³/mol. The molecule has 108 valence electrons. The van der Waals surface area contributed by atoms with Crippen molar-refractivity contribution in [2.45, 2.75) is 10.9 Å². The molecule has 8 heteroatoms. The van der Waals surface area contributed by atoms with Crippen LogP contribution in [0.15, 0.2) is 23.1 Å². The molecule has 0 saturated carbocycles. The Bertz CT molecular complexity index is 641. The molecule has 0 spiro atoms. The Morgan fingerprint density at radius 3 is 2.95 bits per heavy atom. The largest absolute Gasteiger partial charge is 0.395 e. The second-order valence-corrected chi connectivity index (χ2v) is 6.17. The number of aliphatic hydroxyl groups is 1. The fourth-order valence-corrected chi connectivity index (χ4v) is 3.60. The van der Waals surface area contributed by atoms with Crippen LogP contribution in [-0.2, 0) is 14.8 Å². The third-order valence-corrected chi connectivity index (χ3v) is 5.00. The highest BCUT2D eigenvalue weighted by Gasteiger charge is 2.34. The van der Waals surface area contributed by atoms with E-state index in [1.165, 1.54) is 0 Å². The van der Waals surface area contributed by atoms with Gasteiger partial charge >= 0.3 is 0 Å². The lowest BCUT2D eigenvalue weighted by atomic mass is 10.2. The van der Waals surface area contributed by atoms with E-state index in [0.29, 0.717) is 0 Å². The van der Waals surface area contributed by atoms with Crippen molar-refractivity contribution in [1.82, 2.24) is 4.31 Å². The number of hydrogen-bond donors (Lipinski definition) is 1. The molecule has 6 nitrogen and oxygen atoms in total. The lowest BCUT2D eigenvalue weighted by Crippen LogP contribution is -2.50. The summed E-state index contributed by atoms with van der Waals surface area (Å²) in [5.41, 5.74) is -0.333. The molecule has 0 amide bonds. The van der Waals surface area contributed by atoms with Crippen LogP contribution in [0, 0.1) is 17.1 Å². The normalized spacial score (nSPS) is 20.6. The van der Waals surface area contributed by atoms with Crippen LogP contribution in [0.1, 0.15) is 5.56 Å². The fraction of sp³-hybridized carbons (Fsp3) is 0.417. The molecule has 0 radical (unpaired) electrons. The molecule has 0 aliphatic carbocycles. The summed E-state index contributed by atoms with van der Waals surface area (Å²) in [6.07, 6.45) is 0. The minimum absolute atomic E-state index is 0.0992. The predicted octanol–water partition coefficient (Wildman–Crippen LogP) is 0.0792. The van der Waals surface area contributed by atoms with Crippen molar-refractivity contribution in [3.8, 4) is 6.07 Å². The zero-order valence-corrected chi connectivity index (χ0v) is 11.3. The van der Waals surface area contributed by atoms with Crippen LogP contribution in [0.25, 0.3) is 0 Å². The maximum atomic E-state index is 13.3. The van der Waals surface area contributed by atoms with Crippen molar-refractivity contribution in [2.75, 3.05) is 26.4 Å². The first kappa shape index (κ1) is 14.9. The van der Waals surface area contributed by atoms with Crippen LogP contribution in [0.5, 0.6) is 0 Å². The van der Waals surface area contributed by atoms with E-state index in [4.69, 9.17) is 10.00 Å². The van der Waals surface area contributed by atoms with Gasteiger partial charge in [0, 0.05) is 6.54 Å². The molecular formula is C12H13FN2O4S. The van der Waals surface area contributed by atoms with E-state index in [1.807, 2.05) is 0 Å². The molecule has 1 saturated heterocycles. The molecule has 1 fully saturated rings. The van der Waals surface area contributed by atoms with Crippen LogP contribution >= 0.6 is 0 Å². The van der Waals surface area contributed by atoms with Gasteiger partial charge in [-0.15, -0.1) is 0 Å². The van der Waals surface area contributed by atoms with E-state index < -0.39 is 21.9 Å². The van der Waals surface area contributed by atoms with Gasteiger partial charge in [0.1, 0.15) is 11.9 Å². The van der Waals surface area contributed by atoms with Gasteiger partial charge in [0.25, 0.3) is 0 Å². The maximum Gasteiger partial charge on any atom is 0.243 e. The van der Waals surface area contributed by atoms with Crippen molar-refractivity contribution in [1.29, 1.82) is 5.26 Å². The highest BCUT2D eigenvalue weighted by molar-refractivity contribution is 7.89. The third kappa shape index (κ3) is 2.66. The first-order valence-electron chi connectivity index (χ1n) is 5.91. The van der Waals surface area contributed by atoms with Gasteiger partial charge in [-0.3, -0.25) is 0 Å². The van der Waals surface area contributed by atoms with Crippen LogP contribution in [0.2, 0.25) is 0 Å². The van der Waals surface area contributed by atoms with Gasteiger partial charge in [-0.2, -0.15) is 9.57 Å². The quantitative estimate of drug-likeness (QED) is 0.853. The minimum Gasteiger partial charge on any atom is -0.395 e. The standard InChI is InChI=1S/C12H13FN2O4S/c13-12-2-1-11(5-9(12)6-14)20(17,18)15-3-4-19-8-10(15)7-16/h1-2,5,10,16H,3-4,7-8H2. The number of ether oxygens (including phenoxy) is 1. The summed E-state index contributed by atoms with van der Waals surface area (Å²) in [5.74, 6) is -0.771. The van der Waals surface area contributed by atoms with Crippen molar-refractivity contribution in [3.63, 3.8) is 0 Å². The Balaban J connectivity index is 2.42. The Hall–Kier alpha value is -1.53. The van der Waals surface area contributed by atoms with Gasteiger partial charge in [0.2, 0.25) is 10.0 Å². The van der Waals surface area contributed by atoms with Crippen molar-refractivity contribution in [2.24, 2.45) is 0 Å². The zero-order chi connectivity index (χ0) is 14.8. The summed E-state index contributed by atoms with van der Waals surface area (Å²) in [4.78, 5) is -0.171. The van der Waals surface area contributed by atoms with Gasteiger partial charge in [0.15, 0.2) is 0 Å². The SMILES string of the molecule is N#Cc1cc(S(=O)(=O)N2CCOCC2CO)ccc1F. The Kier molecular flexibility index (Phi) is 4.35. The van der Waals surface area contributed by atoms with Gasteiger partial charge in [0.05, 0.1) is 36.3 Å². The molecule has 1 aliphatic rings. The number of hydrogen-bond acceptors (Lipinski definition) is 5. The maximum absolute atomic E-state index is 13.3. The lowest BCUT2D eigenvalue weighted by Gasteiger charge is -2.33. The molecule has 1 aliphatic heterocycles. The first-order valence-corrected chi connectivity index (χ1v) is 7.35. The van der Waals surface area contributed by atoms with E-state index in [2.05, 4.69) is 0 Å². The summed E-state index contributed by atoms with van der Waals surface area (Å²) < 4.78 is 44.4. The van der Waals surface area contributed by atoms with Crippen LogP contribution in [0.4, 0.5) is 4.39 Å². The number of sulfonamides is 1. The molecule has 20 heavy (non-hydrogen) atoms. The Labute approximate surface area is 116 Å². The Morgan fingerprint density at radius 2 is 2.30 bits per heavy atom. The van der Waals surface area contributed by atoms with E-state index in [1.54, 1.807) is 6.07 Å². The smallest absolute Gasteiger partial charge is 0.243 e. The molecule has 2 rings (SSSR count). The van der Waals surface area contributed by atoms with Crippen molar-refractivity contribution in [3.05, 3.63) is 29.6 Å². The van der Waals surface area contributed by atoms with Gasteiger partial charge in [-0.05, 0) is 18.2 Å². The monoisotopic (exact) mass is 300 g/mol. The highest BCUT2D eigenvalue weighted by atomic mass is 32.2. The zero-order valence-electron chi connectivity index (χ0n) is 10.5. The second-order valence-electron chi connectivity index (χ2n) is 4.28. The molecule has 1 heterocycles. The first-order chi connectivity index (χ1) is 9.50. The molecule has 0 bridgehead atoms. The van der Waals surface area contributed by atoms with E-state index in [0.717, 1.165) is 22.5 Å². The topological polar surface area (TPSA) is 90.6 Å². The van der Waals surface area contributed by atoms with Gasteiger partial charge < -0.3 is 9.84 Å². The van der Waals surface area contributed by atoms with Gasteiger partial charge in [-0.25, -0.2) is 12.8 Å². The summed E-state index contributed by atoms with van der Waals surface area (Å²) >= 11 is 0.